The number of carbonyl (C=O) groups is 1. The van der Waals surface area contributed by atoms with Gasteiger partial charge in [-0.1, -0.05) is 43.9 Å². The van der Waals surface area contributed by atoms with Crippen molar-refractivity contribution in [1.29, 1.82) is 0 Å². The molecule has 2 atom stereocenters. The molecule has 1 amide bonds. The summed E-state index contributed by atoms with van der Waals surface area (Å²) >= 11 is 0. The molecule has 6 heteroatoms. The summed E-state index contributed by atoms with van der Waals surface area (Å²) in [5, 5.41) is 6.95. The van der Waals surface area contributed by atoms with E-state index in [0.717, 1.165) is 17.7 Å². The van der Waals surface area contributed by atoms with Crippen LogP contribution in [0.5, 0.6) is 0 Å². The lowest BCUT2D eigenvalue weighted by molar-refractivity contribution is -0.115. The molecule has 1 heterocycles. The minimum absolute atomic E-state index is 0.0366. The standard InChI is InChI=1S/C17H23N3O2.C5H10O/c1-4-7-14(16-10-9-15(5-2)19-20-16)11-12-18-17(21)8-6-13-22-3;1-4-5(2)6-3/h4,6-12,16,20H,1,5,13H2,2-3H3,(H,18,21);4-5H,1H2,2-3H3/b8-6+,12-11+,14-7+;. The van der Waals surface area contributed by atoms with Crippen LogP contribution < -0.4 is 10.7 Å². The first kappa shape index (κ1) is 25.3. The number of amides is 1. The zero-order chi connectivity index (χ0) is 21.2. The van der Waals surface area contributed by atoms with Crippen molar-refractivity contribution >= 4 is 11.6 Å². The van der Waals surface area contributed by atoms with E-state index < -0.39 is 0 Å². The van der Waals surface area contributed by atoms with Crippen molar-refractivity contribution in [2.45, 2.75) is 32.4 Å². The molecule has 1 rings (SSSR count). The van der Waals surface area contributed by atoms with Crippen LogP contribution in [0.25, 0.3) is 0 Å². The van der Waals surface area contributed by atoms with Crippen LogP contribution >= 0.6 is 0 Å². The molecule has 28 heavy (non-hydrogen) atoms. The summed E-state index contributed by atoms with van der Waals surface area (Å²) < 4.78 is 9.61. The second-order valence-electron chi connectivity index (χ2n) is 5.70. The van der Waals surface area contributed by atoms with Gasteiger partial charge in [-0.15, -0.1) is 6.58 Å². The van der Waals surface area contributed by atoms with Gasteiger partial charge >= 0.3 is 0 Å². The first-order valence-electron chi connectivity index (χ1n) is 9.13. The fourth-order valence-electron chi connectivity index (χ4n) is 1.84. The van der Waals surface area contributed by atoms with Crippen molar-refractivity contribution in [2.24, 2.45) is 5.10 Å². The van der Waals surface area contributed by atoms with Crippen LogP contribution in [0.15, 0.2) is 78.6 Å². The van der Waals surface area contributed by atoms with Crippen LogP contribution in [0.4, 0.5) is 0 Å². The number of hydrogen-bond donors (Lipinski definition) is 2. The maximum Gasteiger partial charge on any atom is 0.247 e. The Bertz CT molecular complexity index is 631. The number of nitrogens with one attached hydrogen (secondary N) is 2. The molecule has 154 valence electrons. The molecule has 1 aliphatic heterocycles. The number of allylic oxidation sites excluding steroid dienone is 3. The molecule has 0 radical (unpaired) electrons. The van der Waals surface area contributed by atoms with E-state index in [1.807, 2.05) is 31.2 Å². The van der Waals surface area contributed by atoms with Gasteiger partial charge in [-0.25, -0.2) is 0 Å². The van der Waals surface area contributed by atoms with Gasteiger partial charge in [-0.3, -0.25) is 10.2 Å². The molecule has 2 unspecified atom stereocenters. The summed E-state index contributed by atoms with van der Waals surface area (Å²) in [6, 6.07) is -0.0366. The Morgan fingerprint density at radius 1 is 1.39 bits per heavy atom. The molecule has 0 aromatic carbocycles. The van der Waals surface area contributed by atoms with E-state index in [0.29, 0.717) is 6.61 Å². The van der Waals surface area contributed by atoms with Crippen LogP contribution in [0.3, 0.4) is 0 Å². The van der Waals surface area contributed by atoms with Gasteiger partial charge in [0.2, 0.25) is 5.91 Å². The zero-order valence-corrected chi connectivity index (χ0v) is 17.4. The predicted molar refractivity (Wildman–Crippen MR) is 117 cm³/mol. The fraction of sp³-hybridized carbons (Fsp3) is 0.364. The van der Waals surface area contributed by atoms with Crippen LogP contribution in [-0.2, 0) is 14.3 Å². The van der Waals surface area contributed by atoms with Crippen molar-refractivity contribution < 1.29 is 14.3 Å². The quantitative estimate of drug-likeness (QED) is 0.342. The monoisotopic (exact) mass is 387 g/mol. The smallest absolute Gasteiger partial charge is 0.247 e. The van der Waals surface area contributed by atoms with Gasteiger partial charge in [-0.2, -0.15) is 5.10 Å². The summed E-state index contributed by atoms with van der Waals surface area (Å²) in [5.41, 5.74) is 5.03. The van der Waals surface area contributed by atoms with E-state index in [1.165, 1.54) is 6.08 Å². The highest BCUT2D eigenvalue weighted by molar-refractivity contribution is 5.95. The van der Waals surface area contributed by atoms with Crippen LogP contribution in [0.1, 0.15) is 20.3 Å². The molecule has 2 N–H and O–H groups in total. The summed E-state index contributed by atoms with van der Waals surface area (Å²) in [6.45, 7) is 11.6. The fourth-order valence-corrected chi connectivity index (χ4v) is 1.84. The molecular weight excluding hydrogens is 354 g/mol. The first-order valence-corrected chi connectivity index (χ1v) is 9.13. The molecule has 0 bridgehead atoms. The summed E-state index contributed by atoms with van der Waals surface area (Å²) in [4.78, 5) is 11.5. The number of rotatable bonds is 10. The second-order valence-corrected chi connectivity index (χ2v) is 5.70. The van der Waals surface area contributed by atoms with Crippen molar-refractivity contribution in [3.05, 3.63) is 73.5 Å². The highest BCUT2D eigenvalue weighted by Gasteiger charge is 2.10. The SMILES string of the molecule is C=C/C=C(\C=C\NC(=O)/C=C/COC)C1C=CC(CC)=NN1.C=CC(C)OC. The largest absolute Gasteiger partial charge is 0.381 e. The van der Waals surface area contributed by atoms with Gasteiger partial charge in [0.15, 0.2) is 0 Å². The molecule has 0 aromatic rings. The zero-order valence-electron chi connectivity index (χ0n) is 17.4. The molecule has 0 saturated carbocycles. The number of methoxy groups -OCH3 is 2. The molecule has 0 saturated heterocycles. The highest BCUT2D eigenvalue weighted by atomic mass is 16.5. The Morgan fingerprint density at radius 3 is 2.61 bits per heavy atom. The first-order chi connectivity index (χ1) is 13.5. The number of hydrazone groups is 1. The summed E-state index contributed by atoms with van der Waals surface area (Å²) in [7, 11) is 3.23. The summed E-state index contributed by atoms with van der Waals surface area (Å²) in [5.74, 6) is -0.204. The van der Waals surface area contributed by atoms with E-state index in [1.54, 1.807) is 38.6 Å². The maximum atomic E-state index is 11.5. The Hall–Kier alpha value is -2.70. The van der Waals surface area contributed by atoms with Gasteiger partial charge < -0.3 is 14.8 Å². The van der Waals surface area contributed by atoms with Gasteiger partial charge in [0, 0.05) is 26.5 Å². The normalized spacial score (nSPS) is 17.4. The van der Waals surface area contributed by atoms with Crippen LogP contribution in [0, 0.1) is 0 Å². The molecule has 0 aliphatic carbocycles. The minimum atomic E-state index is -0.204. The molecule has 0 spiro atoms. The lowest BCUT2D eigenvalue weighted by Crippen LogP contribution is -2.28. The van der Waals surface area contributed by atoms with Crippen molar-refractivity contribution in [3.63, 3.8) is 0 Å². The van der Waals surface area contributed by atoms with E-state index in [9.17, 15) is 4.79 Å². The Labute approximate surface area is 169 Å². The molecule has 0 fully saturated rings. The van der Waals surface area contributed by atoms with Gasteiger partial charge in [0.05, 0.1) is 24.5 Å². The van der Waals surface area contributed by atoms with E-state index in [4.69, 9.17) is 9.47 Å². The van der Waals surface area contributed by atoms with Crippen LogP contribution in [0.2, 0.25) is 0 Å². The lowest BCUT2D eigenvalue weighted by Gasteiger charge is -2.18. The predicted octanol–water partition coefficient (Wildman–Crippen LogP) is 3.43. The number of ether oxygens (including phenoxy) is 2. The Kier molecular flexibility index (Phi) is 14.9. The van der Waals surface area contributed by atoms with Gasteiger partial charge in [0.25, 0.3) is 0 Å². The Balaban J connectivity index is 0.00000105. The minimum Gasteiger partial charge on any atom is -0.381 e. The van der Waals surface area contributed by atoms with Crippen molar-refractivity contribution in [1.82, 2.24) is 10.7 Å². The third-order valence-electron chi connectivity index (χ3n) is 3.60. The molecule has 6 nitrogen and oxygen atoms in total. The van der Waals surface area contributed by atoms with E-state index in [-0.39, 0.29) is 18.1 Å². The number of hydrogen-bond acceptors (Lipinski definition) is 5. The van der Waals surface area contributed by atoms with E-state index >= 15 is 0 Å². The van der Waals surface area contributed by atoms with Crippen molar-refractivity contribution in [3.8, 4) is 0 Å². The van der Waals surface area contributed by atoms with Gasteiger partial charge in [0.1, 0.15) is 0 Å². The van der Waals surface area contributed by atoms with Gasteiger partial charge in [-0.05, 0) is 31.1 Å². The third-order valence-corrected chi connectivity index (χ3v) is 3.60. The highest BCUT2D eigenvalue weighted by Crippen LogP contribution is 2.10. The Morgan fingerprint density at radius 2 is 2.14 bits per heavy atom. The average molecular weight is 388 g/mol. The average Bonchev–Trinajstić information content (AvgIpc) is 2.73. The molecule has 1 aliphatic rings. The van der Waals surface area contributed by atoms with Crippen LogP contribution in [-0.4, -0.2) is 44.6 Å². The summed E-state index contributed by atoms with van der Waals surface area (Å²) in [6.07, 6.45) is 16.9. The number of carbonyl (C=O) groups excluding carboxylic acids is 1. The topological polar surface area (TPSA) is 72.0 Å². The molecule has 0 aromatic heterocycles. The molecular formula is C22H33N3O3. The second kappa shape index (κ2) is 16.5. The lowest BCUT2D eigenvalue weighted by atomic mass is 10.0. The third kappa shape index (κ3) is 11.8. The maximum absolute atomic E-state index is 11.5. The van der Waals surface area contributed by atoms with Crippen molar-refractivity contribution in [2.75, 3.05) is 20.8 Å². The number of nitrogens with zero attached hydrogens (tertiary/aromatic N) is 1. The van der Waals surface area contributed by atoms with E-state index in [2.05, 4.69) is 35.9 Å².